The van der Waals surface area contributed by atoms with E-state index in [9.17, 15) is 23.1 Å². The van der Waals surface area contributed by atoms with Gasteiger partial charge in [-0.2, -0.15) is 13.2 Å². The minimum atomic E-state index is -4.42. The van der Waals surface area contributed by atoms with E-state index in [0.29, 0.717) is 22.3 Å². The van der Waals surface area contributed by atoms with Crippen LogP contribution in [-0.2, 0) is 12.8 Å². The Morgan fingerprint density at radius 2 is 1.96 bits per heavy atom. The van der Waals surface area contributed by atoms with Crippen LogP contribution in [0.4, 0.5) is 13.2 Å². The van der Waals surface area contributed by atoms with E-state index in [0.717, 1.165) is 12.1 Å². The predicted octanol–water partition coefficient (Wildman–Crippen LogP) is 5.04. The summed E-state index contributed by atoms with van der Waals surface area (Å²) in [6, 6.07) is 9.49. The van der Waals surface area contributed by atoms with Gasteiger partial charge < -0.3 is 14.3 Å². The molecule has 1 heterocycles. The summed E-state index contributed by atoms with van der Waals surface area (Å²) in [5.41, 5.74) is 0.0558. The average molecular weight is 350 g/mol. The molecular formula is C18H13F3O4. The van der Waals surface area contributed by atoms with Gasteiger partial charge in [0.15, 0.2) is 0 Å². The molecule has 0 fully saturated rings. The van der Waals surface area contributed by atoms with Gasteiger partial charge in [-0.25, -0.2) is 4.79 Å². The molecular weight excluding hydrogens is 337 g/mol. The van der Waals surface area contributed by atoms with Gasteiger partial charge >= 0.3 is 12.1 Å². The predicted molar refractivity (Wildman–Crippen MR) is 83.7 cm³/mol. The van der Waals surface area contributed by atoms with E-state index < -0.39 is 17.7 Å². The molecule has 0 spiro atoms. The fourth-order valence-electron chi connectivity index (χ4n) is 2.56. The van der Waals surface area contributed by atoms with Crippen molar-refractivity contribution < 1.29 is 32.2 Å². The van der Waals surface area contributed by atoms with Gasteiger partial charge in [-0.1, -0.05) is 12.1 Å². The number of furan rings is 1. The highest BCUT2D eigenvalue weighted by Crippen LogP contribution is 2.31. The van der Waals surface area contributed by atoms with E-state index in [4.69, 9.17) is 9.15 Å². The molecule has 0 atom stereocenters. The van der Waals surface area contributed by atoms with Crippen molar-refractivity contribution in [2.75, 3.05) is 0 Å². The lowest BCUT2D eigenvalue weighted by atomic mass is 10.1. The number of halogens is 3. The SMILES string of the molecule is Cc1oc2ccc(OCc3cccc(C(F)(F)F)c3)cc2c1C(=O)O. The molecule has 0 saturated heterocycles. The number of hydrogen-bond acceptors (Lipinski definition) is 3. The summed E-state index contributed by atoms with van der Waals surface area (Å²) in [6.07, 6.45) is -4.42. The molecule has 1 N–H and O–H groups in total. The summed E-state index contributed by atoms with van der Waals surface area (Å²) in [7, 11) is 0. The number of benzene rings is 2. The van der Waals surface area contributed by atoms with Gasteiger partial charge in [0.05, 0.1) is 5.56 Å². The summed E-state index contributed by atoms with van der Waals surface area (Å²) in [6.45, 7) is 1.47. The van der Waals surface area contributed by atoms with Crippen LogP contribution < -0.4 is 4.74 Å². The number of ether oxygens (including phenoxy) is 1. The van der Waals surface area contributed by atoms with Crippen molar-refractivity contribution in [2.24, 2.45) is 0 Å². The molecule has 0 unspecified atom stereocenters. The van der Waals surface area contributed by atoms with Crippen molar-refractivity contribution in [2.45, 2.75) is 19.7 Å². The fraction of sp³-hybridized carbons (Fsp3) is 0.167. The first kappa shape index (κ1) is 16.9. The Labute approximate surface area is 140 Å². The highest BCUT2D eigenvalue weighted by atomic mass is 19.4. The van der Waals surface area contributed by atoms with Crippen molar-refractivity contribution in [1.82, 2.24) is 0 Å². The fourth-order valence-corrected chi connectivity index (χ4v) is 2.56. The number of aryl methyl sites for hydroxylation is 1. The summed E-state index contributed by atoms with van der Waals surface area (Å²) in [5.74, 6) is -0.503. The van der Waals surface area contributed by atoms with E-state index in [2.05, 4.69) is 0 Å². The molecule has 0 aliphatic heterocycles. The highest BCUT2D eigenvalue weighted by molar-refractivity contribution is 6.03. The first-order valence-electron chi connectivity index (χ1n) is 7.31. The minimum Gasteiger partial charge on any atom is -0.489 e. The van der Waals surface area contributed by atoms with Gasteiger partial charge in [0.2, 0.25) is 0 Å². The third-order valence-electron chi connectivity index (χ3n) is 3.71. The van der Waals surface area contributed by atoms with Crippen LogP contribution in [0.5, 0.6) is 5.75 Å². The van der Waals surface area contributed by atoms with Gasteiger partial charge in [-0.05, 0) is 42.8 Å². The molecule has 0 aliphatic rings. The number of carbonyl (C=O) groups is 1. The number of fused-ring (bicyclic) bond motifs is 1. The van der Waals surface area contributed by atoms with Gasteiger partial charge in [0, 0.05) is 5.39 Å². The second kappa shape index (κ2) is 6.16. The molecule has 7 heteroatoms. The second-order valence-electron chi connectivity index (χ2n) is 5.48. The van der Waals surface area contributed by atoms with Crippen molar-refractivity contribution in [3.8, 4) is 5.75 Å². The van der Waals surface area contributed by atoms with Crippen molar-refractivity contribution in [1.29, 1.82) is 0 Å². The first-order valence-corrected chi connectivity index (χ1v) is 7.31. The smallest absolute Gasteiger partial charge is 0.416 e. The number of aromatic carboxylic acids is 1. The zero-order valence-corrected chi connectivity index (χ0v) is 13.1. The normalized spacial score (nSPS) is 11.7. The van der Waals surface area contributed by atoms with Crippen molar-refractivity contribution in [3.63, 3.8) is 0 Å². The molecule has 0 amide bonds. The van der Waals surface area contributed by atoms with Crippen LogP contribution >= 0.6 is 0 Å². The van der Waals surface area contributed by atoms with Crippen LogP contribution in [0, 0.1) is 6.92 Å². The van der Waals surface area contributed by atoms with Crippen LogP contribution in [0.3, 0.4) is 0 Å². The Hall–Kier alpha value is -2.96. The lowest BCUT2D eigenvalue weighted by molar-refractivity contribution is -0.137. The Bertz CT molecular complexity index is 941. The minimum absolute atomic E-state index is 0.0412. The molecule has 0 aliphatic carbocycles. The highest BCUT2D eigenvalue weighted by Gasteiger charge is 2.30. The van der Waals surface area contributed by atoms with Gasteiger partial charge in [-0.3, -0.25) is 0 Å². The third kappa shape index (κ3) is 3.45. The van der Waals surface area contributed by atoms with Gasteiger partial charge in [-0.15, -0.1) is 0 Å². The van der Waals surface area contributed by atoms with Gasteiger partial charge in [0.25, 0.3) is 0 Å². The molecule has 0 radical (unpaired) electrons. The zero-order valence-electron chi connectivity index (χ0n) is 13.1. The zero-order chi connectivity index (χ0) is 18.2. The van der Waals surface area contributed by atoms with E-state index in [1.54, 1.807) is 19.1 Å². The summed E-state index contributed by atoms with van der Waals surface area (Å²) in [5, 5.41) is 9.63. The summed E-state index contributed by atoms with van der Waals surface area (Å²) < 4.78 is 49.0. The molecule has 0 saturated carbocycles. The van der Waals surface area contributed by atoms with Crippen LogP contribution in [-0.4, -0.2) is 11.1 Å². The quantitative estimate of drug-likeness (QED) is 0.716. The van der Waals surface area contributed by atoms with Crippen molar-refractivity contribution in [3.05, 3.63) is 64.9 Å². The van der Waals surface area contributed by atoms with Crippen LogP contribution in [0.25, 0.3) is 11.0 Å². The molecule has 130 valence electrons. The van der Waals surface area contributed by atoms with E-state index in [-0.39, 0.29) is 17.9 Å². The monoisotopic (exact) mass is 350 g/mol. The maximum Gasteiger partial charge on any atom is 0.416 e. The summed E-state index contributed by atoms with van der Waals surface area (Å²) >= 11 is 0. The molecule has 3 rings (SSSR count). The van der Waals surface area contributed by atoms with Crippen LogP contribution in [0.1, 0.15) is 27.2 Å². The first-order chi connectivity index (χ1) is 11.8. The third-order valence-corrected chi connectivity index (χ3v) is 3.71. The molecule has 0 bridgehead atoms. The number of rotatable bonds is 4. The number of carboxylic acids is 1. The van der Waals surface area contributed by atoms with E-state index in [1.807, 2.05) is 0 Å². The Kier molecular flexibility index (Phi) is 4.16. The molecule has 4 nitrogen and oxygen atoms in total. The van der Waals surface area contributed by atoms with Crippen LogP contribution in [0.2, 0.25) is 0 Å². The number of hydrogen-bond donors (Lipinski definition) is 1. The second-order valence-corrected chi connectivity index (χ2v) is 5.48. The number of carboxylic acid groups (broad SMARTS) is 1. The average Bonchev–Trinajstić information content (AvgIpc) is 2.87. The number of alkyl halides is 3. The standard InChI is InChI=1S/C18H13F3O4/c1-10-16(17(22)23)14-8-13(5-6-15(14)25-10)24-9-11-3-2-4-12(7-11)18(19,20)21/h2-8H,9H2,1H3,(H,22,23). The van der Waals surface area contributed by atoms with Gasteiger partial charge in [0.1, 0.15) is 29.3 Å². The van der Waals surface area contributed by atoms with E-state index in [1.165, 1.54) is 18.2 Å². The Morgan fingerprint density at radius 3 is 2.64 bits per heavy atom. The van der Waals surface area contributed by atoms with Crippen LogP contribution in [0.15, 0.2) is 46.9 Å². The molecule has 25 heavy (non-hydrogen) atoms. The Morgan fingerprint density at radius 1 is 1.20 bits per heavy atom. The molecule has 3 aromatic rings. The van der Waals surface area contributed by atoms with E-state index >= 15 is 0 Å². The lowest BCUT2D eigenvalue weighted by Gasteiger charge is -2.10. The molecule has 2 aromatic carbocycles. The maximum atomic E-state index is 12.7. The summed E-state index contributed by atoms with van der Waals surface area (Å²) in [4.78, 5) is 11.3. The van der Waals surface area contributed by atoms with Crippen molar-refractivity contribution >= 4 is 16.9 Å². The largest absolute Gasteiger partial charge is 0.489 e. The lowest BCUT2D eigenvalue weighted by Crippen LogP contribution is -2.06. The maximum absolute atomic E-state index is 12.7. The Balaban J connectivity index is 1.84. The molecule has 1 aromatic heterocycles. The topological polar surface area (TPSA) is 59.7 Å².